The molecule has 0 aromatic heterocycles. The van der Waals surface area contributed by atoms with E-state index < -0.39 is 0 Å². The molecule has 2 atom stereocenters. The lowest BCUT2D eigenvalue weighted by Crippen LogP contribution is -2.37. The van der Waals surface area contributed by atoms with E-state index in [0.717, 1.165) is 18.4 Å². The molecule has 0 amide bonds. The maximum absolute atomic E-state index is 2.64. The highest BCUT2D eigenvalue weighted by Gasteiger charge is 2.35. The summed E-state index contributed by atoms with van der Waals surface area (Å²) in [6, 6.07) is 10.9. The van der Waals surface area contributed by atoms with Crippen LogP contribution in [0.2, 0.25) is 0 Å². The maximum Gasteiger partial charge on any atom is 0.0233 e. The summed E-state index contributed by atoms with van der Waals surface area (Å²) in [6.07, 6.45) is 1.40. The van der Waals surface area contributed by atoms with Gasteiger partial charge in [-0.25, -0.2) is 0 Å². The molecule has 2 heteroatoms. The molecule has 0 bridgehead atoms. The monoisotopic (exact) mass is 230 g/mol. The highest BCUT2D eigenvalue weighted by atomic mass is 15.2. The summed E-state index contributed by atoms with van der Waals surface area (Å²) in [4.78, 5) is 5.14. The molecule has 3 rings (SSSR count). The van der Waals surface area contributed by atoms with Crippen molar-refractivity contribution in [1.29, 1.82) is 0 Å². The molecule has 0 spiro atoms. The zero-order chi connectivity index (χ0) is 11.7. The molecule has 2 aliphatic heterocycles. The summed E-state index contributed by atoms with van der Waals surface area (Å²) in [5.74, 6) is 1.87. The van der Waals surface area contributed by atoms with Gasteiger partial charge in [0.15, 0.2) is 0 Å². The number of hydrogen-bond donors (Lipinski definition) is 0. The summed E-state index contributed by atoms with van der Waals surface area (Å²) in [5, 5.41) is 0. The summed E-state index contributed by atoms with van der Waals surface area (Å²) in [6.45, 7) is 6.34. The van der Waals surface area contributed by atoms with E-state index in [1.54, 1.807) is 0 Å². The first kappa shape index (κ1) is 11.2. The first-order valence-electron chi connectivity index (χ1n) is 6.76. The van der Waals surface area contributed by atoms with E-state index in [1.807, 2.05) is 0 Å². The molecule has 0 aliphatic carbocycles. The van der Waals surface area contributed by atoms with Crippen molar-refractivity contribution in [2.75, 3.05) is 33.2 Å². The van der Waals surface area contributed by atoms with Gasteiger partial charge in [-0.3, -0.25) is 4.90 Å². The predicted molar refractivity (Wildman–Crippen MR) is 70.8 cm³/mol. The van der Waals surface area contributed by atoms with Crippen molar-refractivity contribution in [1.82, 2.24) is 9.80 Å². The van der Waals surface area contributed by atoms with E-state index in [-0.39, 0.29) is 0 Å². The molecule has 2 nitrogen and oxygen atoms in total. The van der Waals surface area contributed by atoms with Gasteiger partial charge < -0.3 is 4.90 Å². The van der Waals surface area contributed by atoms with Gasteiger partial charge in [0, 0.05) is 26.2 Å². The highest BCUT2D eigenvalue weighted by Crippen LogP contribution is 2.31. The van der Waals surface area contributed by atoms with Crippen molar-refractivity contribution in [2.24, 2.45) is 11.8 Å². The van der Waals surface area contributed by atoms with Gasteiger partial charge in [-0.1, -0.05) is 30.3 Å². The number of benzene rings is 1. The fraction of sp³-hybridized carbons (Fsp3) is 0.600. The Morgan fingerprint density at radius 1 is 1.06 bits per heavy atom. The molecule has 2 heterocycles. The molecule has 0 saturated carbocycles. The van der Waals surface area contributed by atoms with Gasteiger partial charge in [0.2, 0.25) is 0 Å². The van der Waals surface area contributed by atoms with Crippen LogP contribution < -0.4 is 0 Å². The molecule has 2 aliphatic rings. The summed E-state index contributed by atoms with van der Waals surface area (Å²) >= 11 is 0. The van der Waals surface area contributed by atoms with Gasteiger partial charge in [-0.2, -0.15) is 0 Å². The fourth-order valence-corrected chi connectivity index (χ4v) is 3.42. The minimum atomic E-state index is 0.914. The van der Waals surface area contributed by atoms with Crippen LogP contribution in [-0.4, -0.2) is 43.0 Å². The summed E-state index contributed by atoms with van der Waals surface area (Å²) in [7, 11) is 2.26. The fourth-order valence-electron chi connectivity index (χ4n) is 3.42. The zero-order valence-corrected chi connectivity index (χ0v) is 10.7. The van der Waals surface area contributed by atoms with Crippen molar-refractivity contribution < 1.29 is 0 Å². The average Bonchev–Trinajstić information content (AvgIpc) is 2.71. The topological polar surface area (TPSA) is 6.48 Å². The second-order valence-electron chi connectivity index (χ2n) is 5.75. The van der Waals surface area contributed by atoms with E-state index in [9.17, 15) is 0 Å². The quantitative estimate of drug-likeness (QED) is 0.767. The van der Waals surface area contributed by atoms with E-state index >= 15 is 0 Å². The Kier molecular flexibility index (Phi) is 3.17. The Labute approximate surface area is 104 Å². The minimum absolute atomic E-state index is 0.914. The summed E-state index contributed by atoms with van der Waals surface area (Å²) < 4.78 is 0. The van der Waals surface area contributed by atoms with E-state index in [1.165, 1.54) is 38.2 Å². The van der Waals surface area contributed by atoms with E-state index in [0.29, 0.717) is 0 Å². The second-order valence-corrected chi connectivity index (χ2v) is 5.75. The molecule has 1 aromatic carbocycles. The molecule has 92 valence electrons. The van der Waals surface area contributed by atoms with E-state index in [4.69, 9.17) is 0 Å². The van der Waals surface area contributed by atoms with Crippen LogP contribution in [0.5, 0.6) is 0 Å². The van der Waals surface area contributed by atoms with E-state index in [2.05, 4.69) is 47.2 Å². The number of nitrogens with zero attached hydrogens (tertiary/aromatic N) is 2. The largest absolute Gasteiger partial charge is 0.306 e. The van der Waals surface area contributed by atoms with Crippen LogP contribution in [-0.2, 0) is 6.54 Å². The molecule has 0 radical (unpaired) electrons. The molecule has 17 heavy (non-hydrogen) atoms. The van der Waals surface area contributed by atoms with Gasteiger partial charge in [0.1, 0.15) is 0 Å². The first-order valence-corrected chi connectivity index (χ1v) is 6.76. The Morgan fingerprint density at radius 2 is 1.82 bits per heavy atom. The number of hydrogen-bond acceptors (Lipinski definition) is 2. The Hall–Kier alpha value is -0.860. The van der Waals surface area contributed by atoms with Crippen LogP contribution in [0.25, 0.3) is 0 Å². The maximum atomic E-state index is 2.64. The third-order valence-electron chi connectivity index (χ3n) is 4.33. The number of piperidine rings is 1. The Balaban J connectivity index is 1.60. The third-order valence-corrected chi connectivity index (χ3v) is 4.33. The lowest BCUT2D eigenvalue weighted by atomic mass is 9.89. The first-order chi connectivity index (χ1) is 8.31. The lowest BCUT2D eigenvalue weighted by molar-refractivity contribution is 0.178. The number of fused-ring (bicyclic) bond motifs is 1. The van der Waals surface area contributed by atoms with Crippen molar-refractivity contribution in [3.63, 3.8) is 0 Å². The van der Waals surface area contributed by atoms with Gasteiger partial charge in [-0.05, 0) is 37.4 Å². The van der Waals surface area contributed by atoms with Crippen molar-refractivity contribution in [3.05, 3.63) is 35.9 Å². The Bertz CT molecular complexity index is 362. The summed E-state index contributed by atoms with van der Waals surface area (Å²) in [5.41, 5.74) is 1.46. The van der Waals surface area contributed by atoms with Gasteiger partial charge in [-0.15, -0.1) is 0 Å². The standard InChI is InChI=1S/C15H22N2/c1-16-8-7-14-11-17(12-15(14)10-16)9-13-5-3-2-4-6-13/h2-6,14-15H,7-12H2,1H3. The van der Waals surface area contributed by atoms with Crippen LogP contribution >= 0.6 is 0 Å². The lowest BCUT2D eigenvalue weighted by Gasteiger charge is -2.31. The average molecular weight is 230 g/mol. The smallest absolute Gasteiger partial charge is 0.0233 e. The normalized spacial score (nSPS) is 30.4. The molecule has 2 unspecified atom stereocenters. The molecule has 0 N–H and O–H groups in total. The molecule has 2 fully saturated rings. The van der Waals surface area contributed by atoms with Crippen LogP contribution in [0.1, 0.15) is 12.0 Å². The van der Waals surface area contributed by atoms with Gasteiger partial charge in [0.25, 0.3) is 0 Å². The van der Waals surface area contributed by atoms with Crippen LogP contribution in [0.3, 0.4) is 0 Å². The predicted octanol–water partition coefficient (Wildman–Crippen LogP) is 2.07. The zero-order valence-electron chi connectivity index (χ0n) is 10.7. The molecule has 1 aromatic rings. The molecular weight excluding hydrogens is 208 g/mol. The van der Waals surface area contributed by atoms with Crippen molar-refractivity contribution >= 4 is 0 Å². The SMILES string of the molecule is CN1CCC2CN(Cc3ccccc3)CC2C1. The number of likely N-dealkylation sites (tertiary alicyclic amines) is 2. The minimum Gasteiger partial charge on any atom is -0.306 e. The van der Waals surface area contributed by atoms with Crippen molar-refractivity contribution in [3.8, 4) is 0 Å². The van der Waals surface area contributed by atoms with Crippen LogP contribution in [0.15, 0.2) is 30.3 Å². The van der Waals surface area contributed by atoms with Crippen LogP contribution in [0, 0.1) is 11.8 Å². The van der Waals surface area contributed by atoms with Gasteiger partial charge >= 0.3 is 0 Å². The third kappa shape index (κ3) is 2.53. The van der Waals surface area contributed by atoms with Crippen molar-refractivity contribution in [2.45, 2.75) is 13.0 Å². The molecule has 2 saturated heterocycles. The molecular formula is C15H22N2. The highest BCUT2D eigenvalue weighted by molar-refractivity contribution is 5.14. The second kappa shape index (κ2) is 4.79. The Morgan fingerprint density at radius 3 is 2.65 bits per heavy atom. The van der Waals surface area contributed by atoms with Crippen LogP contribution in [0.4, 0.5) is 0 Å². The van der Waals surface area contributed by atoms with Gasteiger partial charge in [0.05, 0.1) is 0 Å². The number of rotatable bonds is 2.